The minimum Gasteiger partial charge on any atom is -0.353 e. The molecule has 0 aliphatic heterocycles. The molecule has 3 aromatic rings. The van der Waals surface area contributed by atoms with Gasteiger partial charge in [0.15, 0.2) is 11.2 Å². The van der Waals surface area contributed by atoms with Crippen LogP contribution in [0.15, 0.2) is 27.8 Å². The summed E-state index contributed by atoms with van der Waals surface area (Å²) in [6.45, 7) is 2.27. The van der Waals surface area contributed by atoms with Crippen LogP contribution in [0.2, 0.25) is 5.02 Å². The number of aryl methyl sites for hydroxylation is 1. The number of anilines is 1. The minimum atomic E-state index is -0.474. The summed E-state index contributed by atoms with van der Waals surface area (Å²) in [5, 5.41) is 3.71. The first-order valence-electron chi connectivity index (χ1n) is 10.1. The van der Waals surface area contributed by atoms with Crippen molar-refractivity contribution >= 4 is 28.7 Å². The summed E-state index contributed by atoms with van der Waals surface area (Å²) < 4.78 is 18.5. The highest BCUT2D eigenvalue weighted by Crippen LogP contribution is 2.28. The number of rotatable bonds is 4. The maximum Gasteiger partial charge on any atom is 0.332 e. The number of benzene rings is 1. The van der Waals surface area contributed by atoms with E-state index in [2.05, 4.69) is 17.2 Å². The number of imidazole rings is 1. The zero-order valence-electron chi connectivity index (χ0n) is 17.3. The third-order valence-electron chi connectivity index (χ3n) is 6.07. The second kappa shape index (κ2) is 7.91. The van der Waals surface area contributed by atoms with E-state index in [9.17, 15) is 14.0 Å². The van der Waals surface area contributed by atoms with E-state index >= 15 is 0 Å². The van der Waals surface area contributed by atoms with E-state index in [1.807, 2.05) is 0 Å². The SMILES string of the molecule is CC1CCC(Nc2nc3c(c(=O)n(C)c(=O)n3C)n2Cc2c(F)cccc2Cl)CC1. The van der Waals surface area contributed by atoms with Gasteiger partial charge in [-0.15, -0.1) is 0 Å². The molecule has 7 nitrogen and oxygen atoms in total. The van der Waals surface area contributed by atoms with Crippen molar-refractivity contribution in [3.05, 3.63) is 55.4 Å². The normalized spacial score (nSPS) is 19.4. The van der Waals surface area contributed by atoms with Gasteiger partial charge in [0.25, 0.3) is 5.56 Å². The fourth-order valence-corrected chi connectivity index (χ4v) is 4.36. The molecule has 0 saturated heterocycles. The fraction of sp³-hybridized carbons (Fsp3) is 0.476. The molecule has 0 radical (unpaired) electrons. The van der Waals surface area contributed by atoms with Crippen LogP contribution in [-0.4, -0.2) is 24.7 Å². The van der Waals surface area contributed by atoms with Gasteiger partial charge in [-0.1, -0.05) is 24.6 Å². The van der Waals surface area contributed by atoms with Crippen LogP contribution < -0.4 is 16.6 Å². The monoisotopic (exact) mass is 433 g/mol. The van der Waals surface area contributed by atoms with E-state index in [-0.39, 0.29) is 34.3 Å². The van der Waals surface area contributed by atoms with Crippen molar-refractivity contribution in [2.75, 3.05) is 5.32 Å². The van der Waals surface area contributed by atoms with Gasteiger partial charge in [-0.3, -0.25) is 18.5 Å². The average molecular weight is 434 g/mol. The van der Waals surface area contributed by atoms with Gasteiger partial charge < -0.3 is 5.32 Å². The Morgan fingerprint density at radius 1 is 1.17 bits per heavy atom. The van der Waals surface area contributed by atoms with Gasteiger partial charge in [-0.25, -0.2) is 9.18 Å². The van der Waals surface area contributed by atoms with Crippen molar-refractivity contribution in [2.45, 2.75) is 45.2 Å². The number of nitrogens with zero attached hydrogens (tertiary/aromatic N) is 4. The van der Waals surface area contributed by atoms with Gasteiger partial charge in [0.05, 0.1) is 6.54 Å². The van der Waals surface area contributed by atoms with Crippen LogP contribution in [0.1, 0.15) is 38.2 Å². The van der Waals surface area contributed by atoms with Crippen LogP contribution >= 0.6 is 11.6 Å². The standard InChI is InChI=1S/C21H25ClFN5O2/c1-12-7-9-13(10-8-12)24-20-25-18-17(19(29)27(3)21(30)26(18)2)28(20)11-14-15(22)5-4-6-16(14)23/h4-6,12-13H,7-11H2,1-3H3,(H,24,25). The lowest BCUT2D eigenvalue weighted by molar-refractivity contribution is 0.360. The highest BCUT2D eigenvalue weighted by atomic mass is 35.5. The smallest absolute Gasteiger partial charge is 0.332 e. The van der Waals surface area contributed by atoms with E-state index in [0.717, 1.165) is 30.3 Å². The van der Waals surface area contributed by atoms with Crippen LogP contribution in [0.5, 0.6) is 0 Å². The maximum absolute atomic E-state index is 14.5. The highest BCUT2D eigenvalue weighted by Gasteiger charge is 2.24. The Hall–Kier alpha value is -2.61. The molecule has 4 rings (SSSR count). The molecule has 1 saturated carbocycles. The molecule has 1 aliphatic rings. The molecule has 2 aromatic heterocycles. The first kappa shape index (κ1) is 20.7. The predicted octanol–water partition coefficient (Wildman–Crippen LogP) is 3.27. The molecule has 0 amide bonds. The van der Waals surface area contributed by atoms with E-state index in [0.29, 0.717) is 11.9 Å². The zero-order chi connectivity index (χ0) is 21.6. The first-order chi connectivity index (χ1) is 14.3. The van der Waals surface area contributed by atoms with Gasteiger partial charge >= 0.3 is 5.69 Å². The van der Waals surface area contributed by atoms with Gasteiger partial charge in [0.1, 0.15) is 5.82 Å². The summed E-state index contributed by atoms with van der Waals surface area (Å²) in [7, 11) is 3.00. The third-order valence-corrected chi connectivity index (χ3v) is 6.43. The number of halogens is 2. The average Bonchev–Trinajstić information content (AvgIpc) is 3.07. The van der Waals surface area contributed by atoms with Crippen LogP contribution in [0.4, 0.5) is 10.3 Å². The number of nitrogens with one attached hydrogen (secondary N) is 1. The Morgan fingerprint density at radius 3 is 2.53 bits per heavy atom. The number of fused-ring (bicyclic) bond motifs is 1. The molecule has 9 heteroatoms. The van der Waals surface area contributed by atoms with Crippen molar-refractivity contribution in [1.82, 2.24) is 18.7 Å². The van der Waals surface area contributed by atoms with Crippen LogP contribution in [0.25, 0.3) is 11.2 Å². The Morgan fingerprint density at radius 2 is 1.87 bits per heavy atom. The van der Waals surface area contributed by atoms with Crippen LogP contribution in [0.3, 0.4) is 0 Å². The lowest BCUT2D eigenvalue weighted by Crippen LogP contribution is -2.37. The van der Waals surface area contributed by atoms with Gasteiger partial charge in [0, 0.05) is 30.7 Å². The molecule has 30 heavy (non-hydrogen) atoms. The summed E-state index contributed by atoms with van der Waals surface area (Å²) in [5.41, 5.74) is -0.153. The maximum atomic E-state index is 14.5. The first-order valence-corrected chi connectivity index (χ1v) is 10.5. The van der Waals surface area contributed by atoms with E-state index < -0.39 is 17.1 Å². The molecular weight excluding hydrogens is 409 g/mol. The van der Waals surface area contributed by atoms with Crippen molar-refractivity contribution in [3.8, 4) is 0 Å². The lowest BCUT2D eigenvalue weighted by Gasteiger charge is -2.27. The largest absolute Gasteiger partial charge is 0.353 e. The molecule has 1 fully saturated rings. The van der Waals surface area contributed by atoms with Gasteiger partial charge in [-0.2, -0.15) is 4.98 Å². The minimum absolute atomic E-state index is 0.0287. The third kappa shape index (κ3) is 3.53. The van der Waals surface area contributed by atoms with Crippen LogP contribution in [0, 0.1) is 11.7 Å². The number of hydrogen-bond donors (Lipinski definition) is 1. The second-order valence-corrected chi connectivity index (χ2v) is 8.61. The van der Waals surface area contributed by atoms with Gasteiger partial charge in [-0.05, 0) is 43.7 Å². The second-order valence-electron chi connectivity index (χ2n) is 8.20. The van der Waals surface area contributed by atoms with E-state index in [1.54, 1.807) is 17.7 Å². The summed E-state index contributed by atoms with van der Waals surface area (Å²) >= 11 is 6.25. The number of hydrogen-bond acceptors (Lipinski definition) is 4. The molecule has 0 unspecified atom stereocenters. The molecule has 0 spiro atoms. The molecule has 0 bridgehead atoms. The van der Waals surface area contributed by atoms with Crippen molar-refractivity contribution in [2.24, 2.45) is 20.0 Å². The van der Waals surface area contributed by atoms with Crippen molar-refractivity contribution in [3.63, 3.8) is 0 Å². The molecule has 0 atom stereocenters. The Bertz CT molecular complexity index is 1200. The molecule has 1 N–H and O–H groups in total. The molecule has 160 valence electrons. The Kier molecular flexibility index (Phi) is 5.44. The quantitative estimate of drug-likeness (QED) is 0.685. The topological polar surface area (TPSA) is 73.8 Å². The lowest BCUT2D eigenvalue weighted by atomic mass is 9.87. The predicted molar refractivity (Wildman–Crippen MR) is 116 cm³/mol. The fourth-order valence-electron chi connectivity index (χ4n) is 4.14. The summed E-state index contributed by atoms with van der Waals surface area (Å²) in [6.07, 6.45) is 4.19. The molecular formula is C21H25ClFN5O2. The van der Waals surface area contributed by atoms with E-state index in [1.165, 1.54) is 23.7 Å². The Balaban J connectivity index is 1.88. The zero-order valence-corrected chi connectivity index (χ0v) is 18.0. The summed E-state index contributed by atoms with van der Waals surface area (Å²) in [5.74, 6) is 0.679. The molecule has 2 heterocycles. The van der Waals surface area contributed by atoms with Crippen molar-refractivity contribution < 1.29 is 4.39 Å². The summed E-state index contributed by atoms with van der Waals surface area (Å²) in [4.78, 5) is 29.9. The van der Waals surface area contributed by atoms with Crippen molar-refractivity contribution in [1.29, 1.82) is 0 Å². The molecule has 1 aliphatic carbocycles. The number of aromatic nitrogens is 4. The summed E-state index contributed by atoms with van der Waals surface area (Å²) in [6, 6.07) is 4.69. The van der Waals surface area contributed by atoms with Crippen LogP contribution in [-0.2, 0) is 20.6 Å². The molecule has 1 aromatic carbocycles. The van der Waals surface area contributed by atoms with E-state index in [4.69, 9.17) is 11.6 Å². The highest BCUT2D eigenvalue weighted by molar-refractivity contribution is 6.31. The Labute approximate surface area is 178 Å². The van der Waals surface area contributed by atoms with Gasteiger partial charge in [0.2, 0.25) is 5.95 Å².